The number of nitroso groups, excluding NO2 is 1. The van der Waals surface area contributed by atoms with Crippen molar-refractivity contribution in [3.05, 3.63) is 52.9 Å². The molecule has 5 heteroatoms. The lowest BCUT2D eigenvalue weighted by atomic mass is 10.0. The number of hydrogen-bond donors (Lipinski definition) is 0. The van der Waals surface area contributed by atoms with E-state index in [-0.39, 0.29) is 5.56 Å². The van der Waals surface area contributed by atoms with Gasteiger partial charge in [0, 0.05) is 0 Å². The summed E-state index contributed by atoms with van der Waals surface area (Å²) in [7, 11) is 0. The van der Waals surface area contributed by atoms with Gasteiger partial charge in [-0.25, -0.2) is 0 Å². The molecular formula is C12H8F3NO. The molecule has 0 N–H and O–H groups in total. The van der Waals surface area contributed by atoms with Crippen LogP contribution >= 0.6 is 0 Å². The normalized spacial score (nSPS) is 13.6. The predicted octanol–water partition coefficient (Wildman–Crippen LogP) is 4.21. The van der Waals surface area contributed by atoms with Gasteiger partial charge in [-0.2, -0.15) is 13.2 Å². The number of alkyl halides is 3. The maximum Gasteiger partial charge on any atom is 0.418 e. The SMILES string of the molecule is O=NC(c1ccc2ccccc2c1)C(F)(F)F. The number of benzene rings is 2. The van der Waals surface area contributed by atoms with Crippen molar-refractivity contribution >= 4 is 10.8 Å². The third kappa shape index (κ3) is 2.27. The lowest BCUT2D eigenvalue weighted by Crippen LogP contribution is -2.18. The molecule has 0 aromatic heterocycles. The van der Waals surface area contributed by atoms with E-state index in [0.717, 1.165) is 5.39 Å². The summed E-state index contributed by atoms with van der Waals surface area (Å²) in [5, 5.41) is 3.64. The summed E-state index contributed by atoms with van der Waals surface area (Å²) in [5.41, 5.74) is -0.133. The first-order valence-corrected chi connectivity index (χ1v) is 4.90. The molecule has 0 fully saturated rings. The van der Waals surface area contributed by atoms with Crippen LogP contribution in [-0.2, 0) is 0 Å². The Morgan fingerprint density at radius 3 is 2.24 bits per heavy atom. The van der Waals surface area contributed by atoms with E-state index in [9.17, 15) is 18.1 Å². The number of fused-ring (bicyclic) bond motifs is 1. The third-order valence-corrected chi connectivity index (χ3v) is 2.50. The van der Waals surface area contributed by atoms with E-state index in [1.54, 1.807) is 30.3 Å². The van der Waals surface area contributed by atoms with E-state index < -0.39 is 12.2 Å². The van der Waals surface area contributed by atoms with Gasteiger partial charge in [0.1, 0.15) is 0 Å². The lowest BCUT2D eigenvalue weighted by Gasteiger charge is -2.13. The second-order valence-electron chi connectivity index (χ2n) is 3.66. The standard InChI is InChI=1S/C12H8F3NO/c13-12(14,15)11(16-17)10-6-5-8-3-1-2-4-9(8)7-10/h1-7,11H. The smallest absolute Gasteiger partial charge is 0.168 e. The van der Waals surface area contributed by atoms with E-state index >= 15 is 0 Å². The maximum absolute atomic E-state index is 12.5. The second kappa shape index (κ2) is 4.16. The summed E-state index contributed by atoms with van der Waals surface area (Å²) < 4.78 is 37.5. The minimum atomic E-state index is -4.65. The van der Waals surface area contributed by atoms with Gasteiger partial charge in [0.2, 0.25) is 6.04 Å². The fourth-order valence-corrected chi connectivity index (χ4v) is 1.69. The van der Waals surface area contributed by atoms with E-state index in [1.165, 1.54) is 12.1 Å². The third-order valence-electron chi connectivity index (χ3n) is 2.50. The zero-order valence-corrected chi connectivity index (χ0v) is 8.61. The van der Waals surface area contributed by atoms with Gasteiger partial charge in [-0.05, 0) is 22.4 Å². The topological polar surface area (TPSA) is 29.4 Å². The molecule has 1 atom stereocenters. The van der Waals surface area contributed by atoms with Crippen molar-refractivity contribution in [2.75, 3.05) is 0 Å². The van der Waals surface area contributed by atoms with Crippen LogP contribution in [-0.4, -0.2) is 6.18 Å². The van der Waals surface area contributed by atoms with Crippen molar-refractivity contribution in [2.45, 2.75) is 12.2 Å². The summed E-state index contributed by atoms with van der Waals surface area (Å²) >= 11 is 0. The van der Waals surface area contributed by atoms with Crippen molar-refractivity contribution < 1.29 is 13.2 Å². The molecule has 0 amide bonds. The molecule has 0 aliphatic carbocycles. The Labute approximate surface area is 95.0 Å². The van der Waals surface area contributed by atoms with Crippen LogP contribution in [0.15, 0.2) is 47.6 Å². The fourth-order valence-electron chi connectivity index (χ4n) is 1.69. The molecule has 2 rings (SSSR count). The molecule has 17 heavy (non-hydrogen) atoms. The summed E-state index contributed by atoms with van der Waals surface area (Å²) in [4.78, 5) is 10.3. The van der Waals surface area contributed by atoms with Crippen molar-refractivity contribution in [3.8, 4) is 0 Å². The number of nitrogens with zero attached hydrogens (tertiary/aromatic N) is 1. The molecule has 0 saturated heterocycles. The highest BCUT2D eigenvalue weighted by Gasteiger charge is 2.42. The Hall–Kier alpha value is -1.91. The van der Waals surface area contributed by atoms with Crippen molar-refractivity contribution in [2.24, 2.45) is 5.18 Å². The van der Waals surface area contributed by atoms with Gasteiger partial charge in [0.15, 0.2) is 0 Å². The molecule has 1 unspecified atom stereocenters. The Balaban J connectivity index is 2.52. The molecule has 88 valence electrons. The highest BCUT2D eigenvalue weighted by Crippen LogP contribution is 2.36. The number of halogens is 3. The maximum atomic E-state index is 12.5. The van der Waals surface area contributed by atoms with E-state index in [2.05, 4.69) is 5.18 Å². The van der Waals surface area contributed by atoms with Crippen LogP contribution in [0.1, 0.15) is 11.6 Å². The van der Waals surface area contributed by atoms with E-state index in [1.807, 2.05) is 0 Å². The Morgan fingerprint density at radius 2 is 1.65 bits per heavy atom. The van der Waals surface area contributed by atoms with E-state index in [0.29, 0.717) is 5.39 Å². The molecule has 2 aromatic rings. The molecular weight excluding hydrogens is 231 g/mol. The van der Waals surface area contributed by atoms with Crippen LogP contribution in [0.25, 0.3) is 10.8 Å². The molecule has 0 aliphatic rings. The predicted molar refractivity (Wildman–Crippen MR) is 58.5 cm³/mol. The van der Waals surface area contributed by atoms with Crippen molar-refractivity contribution in [3.63, 3.8) is 0 Å². The Bertz CT molecular complexity index is 551. The summed E-state index contributed by atoms with van der Waals surface area (Å²) in [6.45, 7) is 0. The van der Waals surface area contributed by atoms with Crippen LogP contribution in [0.5, 0.6) is 0 Å². The van der Waals surface area contributed by atoms with Gasteiger partial charge in [0.25, 0.3) is 0 Å². The molecule has 0 heterocycles. The number of hydrogen-bond acceptors (Lipinski definition) is 2. The molecule has 0 spiro atoms. The Kier molecular flexibility index (Phi) is 2.83. The fraction of sp³-hybridized carbons (Fsp3) is 0.167. The average Bonchev–Trinajstić information content (AvgIpc) is 2.28. The van der Waals surface area contributed by atoms with Gasteiger partial charge in [-0.15, -0.1) is 4.91 Å². The minimum Gasteiger partial charge on any atom is -0.168 e. The quantitative estimate of drug-likeness (QED) is 0.722. The van der Waals surface area contributed by atoms with Gasteiger partial charge < -0.3 is 0 Å². The molecule has 2 nitrogen and oxygen atoms in total. The highest BCUT2D eigenvalue weighted by atomic mass is 19.4. The lowest BCUT2D eigenvalue weighted by molar-refractivity contribution is -0.148. The second-order valence-corrected chi connectivity index (χ2v) is 3.66. The first kappa shape index (κ1) is 11.6. The van der Waals surface area contributed by atoms with Crippen molar-refractivity contribution in [1.82, 2.24) is 0 Å². The zero-order chi connectivity index (χ0) is 12.5. The van der Waals surface area contributed by atoms with Gasteiger partial charge in [-0.1, -0.05) is 41.6 Å². The average molecular weight is 239 g/mol. The largest absolute Gasteiger partial charge is 0.418 e. The summed E-state index contributed by atoms with van der Waals surface area (Å²) in [5.74, 6) is 0. The minimum absolute atomic E-state index is 0.133. The van der Waals surface area contributed by atoms with Crippen molar-refractivity contribution in [1.29, 1.82) is 0 Å². The van der Waals surface area contributed by atoms with Crippen LogP contribution in [0.4, 0.5) is 13.2 Å². The first-order chi connectivity index (χ1) is 8.02. The van der Waals surface area contributed by atoms with Crippen LogP contribution in [0.2, 0.25) is 0 Å². The first-order valence-electron chi connectivity index (χ1n) is 4.90. The Morgan fingerprint density at radius 1 is 1.00 bits per heavy atom. The molecule has 0 saturated carbocycles. The van der Waals surface area contributed by atoms with Gasteiger partial charge in [0.05, 0.1) is 0 Å². The van der Waals surface area contributed by atoms with Gasteiger partial charge in [-0.3, -0.25) is 0 Å². The zero-order valence-electron chi connectivity index (χ0n) is 8.61. The number of rotatable bonds is 2. The van der Waals surface area contributed by atoms with Crippen LogP contribution < -0.4 is 0 Å². The monoisotopic (exact) mass is 239 g/mol. The summed E-state index contributed by atoms with van der Waals surface area (Å²) in [6, 6.07) is 8.87. The molecule has 0 radical (unpaired) electrons. The molecule has 0 aliphatic heterocycles. The van der Waals surface area contributed by atoms with Crippen LogP contribution in [0.3, 0.4) is 0 Å². The van der Waals surface area contributed by atoms with Crippen LogP contribution in [0, 0.1) is 4.91 Å². The molecule has 0 bridgehead atoms. The van der Waals surface area contributed by atoms with E-state index in [4.69, 9.17) is 0 Å². The van der Waals surface area contributed by atoms with Gasteiger partial charge >= 0.3 is 6.18 Å². The summed E-state index contributed by atoms with van der Waals surface area (Å²) in [6.07, 6.45) is -4.65. The molecule has 2 aromatic carbocycles. The highest BCUT2D eigenvalue weighted by molar-refractivity contribution is 5.83.